The van der Waals surface area contributed by atoms with Crippen LogP contribution >= 0.6 is 0 Å². The fraction of sp³-hybridized carbons (Fsp3) is 0.750. The minimum Gasteiger partial charge on any atom is -0.414 e. The van der Waals surface area contributed by atoms with E-state index in [-0.39, 0.29) is 5.73 Å². The summed E-state index contributed by atoms with van der Waals surface area (Å²) in [7, 11) is -2.94. The molecule has 0 N–H and O–H groups in total. The van der Waals surface area contributed by atoms with Crippen LogP contribution in [0.3, 0.4) is 0 Å². The van der Waals surface area contributed by atoms with Gasteiger partial charge in [-0.2, -0.15) is 5.26 Å². The number of rotatable bonds is 7. The molecule has 4 heteroatoms. The van der Waals surface area contributed by atoms with Crippen molar-refractivity contribution in [2.24, 2.45) is 0 Å². The Balaban J connectivity index is 4.33. The molecule has 0 aromatic carbocycles. The van der Waals surface area contributed by atoms with Gasteiger partial charge in [0.15, 0.2) is 8.32 Å². The van der Waals surface area contributed by atoms with Gasteiger partial charge in [0.1, 0.15) is 0 Å². The topological polar surface area (TPSA) is 33.0 Å². The standard InChI is InChI=1S/C12H25NOSi2/c1-7-12(15(2,3)4)14-16(5,6)11-9-8-10-13/h7,12H,1,8-9,11H2,2-6H3. The molecule has 0 aliphatic carbocycles. The molecule has 0 fully saturated rings. The summed E-state index contributed by atoms with van der Waals surface area (Å²) in [4.78, 5) is 0. The van der Waals surface area contributed by atoms with Crippen molar-refractivity contribution in [2.45, 2.75) is 57.3 Å². The summed E-state index contributed by atoms with van der Waals surface area (Å²) in [6.45, 7) is 15.3. The van der Waals surface area contributed by atoms with Crippen LogP contribution in [0.1, 0.15) is 12.8 Å². The molecule has 0 heterocycles. The van der Waals surface area contributed by atoms with Crippen molar-refractivity contribution >= 4 is 16.4 Å². The smallest absolute Gasteiger partial charge is 0.187 e. The normalized spacial score (nSPS) is 14.2. The fourth-order valence-electron chi connectivity index (χ4n) is 1.57. The molecule has 0 aliphatic rings. The van der Waals surface area contributed by atoms with Gasteiger partial charge in [-0.1, -0.05) is 25.7 Å². The molecule has 0 saturated heterocycles. The van der Waals surface area contributed by atoms with Gasteiger partial charge in [0, 0.05) is 6.42 Å². The van der Waals surface area contributed by atoms with Crippen molar-refractivity contribution in [1.82, 2.24) is 0 Å². The lowest BCUT2D eigenvalue weighted by Crippen LogP contribution is -2.46. The summed E-state index contributed by atoms with van der Waals surface area (Å²) >= 11 is 0. The van der Waals surface area contributed by atoms with Crippen molar-refractivity contribution in [3.63, 3.8) is 0 Å². The zero-order chi connectivity index (χ0) is 12.8. The minimum absolute atomic E-state index is 0.247. The van der Waals surface area contributed by atoms with E-state index in [2.05, 4.69) is 45.4 Å². The van der Waals surface area contributed by atoms with E-state index in [1.54, 1.807) is 0 Å². The van der Waals surface area contributed by atoms with Gasteiger partial charge in [-0.3, -0.25) is 0 Å². The maximum atomic E-state index is 8.54. The molecule has 16 heavy (non-hydrogen) atoms. The lowest BCUT2D eigenvalue weighted by Gasteiger charge is -2.34. The highest BCUT2D eigenvalue weighted by Gasteiger charge is 2.32. The van der Waals surface area contributed by atoms with E-state index >= 15 is 0 Å². The Kier molecular flexibility index (Phi) is 6.23. The maximum absolute atomic E-state index is 8.54. The number of unbranched alkanes of at least 4 members (excludes halogenated alkanes) is 1. The third-order valence-corrected chi connectivity index (χ3v) is 7.33. The minimum atomic E-state index is -1.62. The van der Waals surface area contributed by atoms with Crippen molar-refractivity contribution in [3.8, 4) is 6.07 Å². The van der Waals surface area contributed by atoms with Crippen LogP contribution in [0.15, 0.2) is 12.7 Å². The SMILES string of the molecule is C=CC(O[Si](C)(C)CCCC#N)[Si](C)(C)C. The Hall–Kier alpha value is -0.376. The Morgan fingerprint density at radius 3 is 2.25 bits per heavy atom. The first kappa shape index (κ1) is 15.6. The van der Waals surface area contributed by atoms with E-state index in [9.17, 15) is 0 Å². The Labute approximate surface area is 102 Å². The van der Waals surface area contributed by atoms with Crippen LogP contribution in [-0.4, -0.2) is 22.1 Å². The van der Waals surface area contributed by atoms with E-state index in [4.69, 9.17) is 9.69 Å². The molecule has 0 radical (unpaired) electrons. The molecule has 0 rings (SSSR count). The Morgan fingerprint density at radius 2 is 1.88 bits per heavy atom. The molecule has 0 aliphatic heterocycles. The first-order valence-electron chi connectivity index (χ1n) is 5.90. The van der Waals surface area contributed by atoms with Crippen LogP contribution in [0.2, 0.25) is 38.8 Å². The second-order valence-corrected chi connectivity index (χ2v) is 15.5. The van der Waals surface area contributed by atoms with Crippen LogP contribution in [0.25, 0.3) is 0 Å². The zero-order valence-electron chi connectivity index (χ0n) is 11.3. The third-order valence-electron chi connectivity index (χ3n) is 2.58. The van der Waals surface area contributed by atoms with Gasteiger partial charge in [0.25, 0.3) is 0 Å². The largest absolute Gasteiger partial charge is 0.414 e. The summed E-state index contributed by atoms with van der Waals surface area (Å²) < 4.78 is 6.27. The van der Waals surface area contributed by atoms with Crippen molar-refractivity contribution in [3.05, 3.63) is 12.7 Å². The third kappa shape index (κ3) is 6.26. The fourth-order valence-corrected chi connectivity index (χ4v) is 6.58. The lowest BCUT2D eigenvalue weighted by atomic mass is 10.4. The first-order valence-corrected chi connectivity index (χ1v) is 12.6. The van der Waals surface area contributed by atoms with Crippen molar-refractivity contribution in [1.29, 1.82) is 5.26 Å². The van der Waals surface area contributed by atoms with E-state index in [0.717, 1.165) is 12.5 Å². The molecular formula is C12H25NOSi2. The van der Waals surface area contributed by atoms with Crippen LogP contribution in [0.5, 0.6) is 0 Å². The van der Waals surface area contributed by atoms with Crippen LogP contribution < -0.4 is 0 Å². The highest BCUT2D eigenvalue weighted by Crippen LogP contribution is 2.22. The molecule has 0 amide bonds. The Bertz CT molecular complexity index is 263. The van der Waals surface area contributed by atoms with Gasteiger partial charge in [0.2, 0.25) is 0 Å². The van der Waals surface area contributed by atoms with E-state index in [1.807, 2.05) is 6.08 Å². The molecule has 0 bridgehead atoms. The molecule has 1 unspecified atom stereocenters. The summed E-state index contributed by atoms with van der Waals surface area (Å²) in [5, 5.41) is 8.54. The molecular weight excluding hydrogens is 230 g/mol. The molecule has 2 nitrogen and oxygen atoms in total. The average molecular weight is 256 g/mol. The number of nitriles is 1. The van der Waals surface area contributed by atoms with E-state index < -0.39 is 16.4 Å². The molecule has 0 saturated carbocycles. The Morgan fingerprint density at radius 1 is 1.31 bits per heavy atom. The first-order chi connectivity index (χ1) is 7.23. The van der Waals surface area contributed by atoms with Crippen LogP contribution in [0, 0.1) is 11.3 Å². The molecule has 0 spiro atoms. The second-order valence-electron chi connectivity index (χ2n) is 5.91. The number of hydrogen-bond donors (Lipinski definition) is 0. The van der Waals surface area contributed by atoms with Gasteiger partial charge in [-0.15, -0.1) is 6.58 Å². The zero-order valence-corrected chi connectivity index (χ0v) is 13.3. The van der Waals surface area contributed by atoms with Gasteiger partial charge in [0.05, 0.1) is 19.9 Å². The number of hydrogen-bond acceptors (Lipinski definition) is 2. The highest BCUT2D eigenvalue weighted by atomic mass is 28.4. The molecule has 92 valence electrons. The average Bonchev–Trinajstić information content (AvgIpc) is 2.12. The monoisotopic (exact) mass is 255 g/mol. The quantitative estimate of drug-likeness (QED) is 0.392. The molecule has 0 aromatic heterocycles. The summed E-state index contributed by atoms with van der Waals surface area (Å²) in [6, 6.07) is 3.26. The molecule has 0 aromatic rings. The van der Waals surface area contributed by atoms with Crippen LogP contribution in [-0.2, 0) is 4.43 Å². The lowest BCUT2D eigenvalue weighted by molar-refractivity contribution is 0.303. The van der Waals surface area contributed by atoms with Gasteiger partial charge < -0.3 is 4.43 Å². The summed E-state index contributed by atoms with van der Waals surface area (Å²) in [6.07, 6.45) is 3.57. The maximum Gasteiger partial charge on any atom is 0.187 e. The van der Waals surface area contributed by atoms with Crippen molar-refractivity contribution < 1.29 is 4.43 Å². The summed E-state index contributed by atoms with van der Waals surface area (Å²) in [5.41, 5.74) is 0.247. The van der Waals surface area contributed by atoms with Gasteiger partial charge in [-0.05, 0) is 25.6 Å². The predicted octanol–water partition coefficient (Wildman–Crippen LogP) is 3.94. The van der Waals surface area contributed by atoms with E-state index in [0.29, 0.717) is 6.42 Å². The molecule has 1 atom stereocenters. The summed E-state index contributed by atoms with van der Waals surface area (Å²) in [5.74, 6) is 0. The second kappa shape index (κ2) is 6.38. The van der Waals surface area contributed by atoms with Crippen molar-refractivity contribution in [2.75, 3.05) is 0 Å². The highest BCUT2D eigenvalue weighted by molar-refractivity contribution is 6.79. The van der Waals surface area contributed by atoms with Crippen LogP contribution in [0.4, 0.5) is 0 Å². The van der Waals surface area contributed by atoms with Gasteiger partial charge >= 0.3 is 0 Å². The number of nitrogens with zero attached hydrogens (tertiary/aromatic N) is 1. The predicted molar refractivity (Wildman–Crippen MR) is 75.6 cm³/mol. The van der Waals surface area contributed by atoms with E-state index in [1.165, 1.54) is 0 Å². The van der Waals surface area contributed by atoms with Gasteiger partial charge in [-0.25, -0.2) is 0 Å².